The number of rotatable bonds is 3. The molecule has 3 fully saturated rings. The van der Waals surface area contributed by atoms with E-state index in [1.54, 1.807) is 18.0 Å². The van der Waals surface area contributed by atoms with Crippen LogP contribution in [-0.2, 0) is 14.4 Å². The molecule has 4 aliphatic rings. The van der Waals surface area contributed by atoms with Gasteiger partial charge in [0.2, 0.25) is 11.8 Å². The fraction of sp³-hybridized carbons (Fsp3) is 0.474. The Kier molecular flexibility index (Phi) is 3.54. The van der Waals surface area contributed by atoms with Crippen LogP contribution in [0.1, 0.15) is 23.0 Å². The number of likely N-dealkylation sites (tertiary alicyclic amines) is 1. The van der Waals surface area contributed by atoms with E-state index in [1.807, 2.05) is 12.1 Å². The normalized spacial score (nSPS) is 37.0. The van der Waals surface area contributed by atoms with Gasteiger partial charge in [0.15, 0.2) is 0 Å². The Bertz CT molecular complexity index is 1100. The van der Waals surface area contributed by atoms with Crippen LogP contribution in [0.4, 0.5) is 0 Å². The number of furan rings is 1. The van der Waals surface area contributed by atoms with Gasteiger partial charge in [-0.3, -0.25) is 24.1 Å². The van der Waals surface area contributed by atoms with E-state index in [0.717, 1.165) is 27.0 Å². The molecule has 2 amide bonds. The van der Waals surface area contributed by atoms with Crippen molar-refractivity contribution in [1.82, 2.24) is 9.88 Å². The molecule has 8 nitrogen and oxygen atoms in total. The van der Waals surface area contributed by atoms with E-state index in [2.05, 4.69) is 4.98 Å². The number of nitrogens with zero attached hydrogens (tertiary/aromatic N) is 1. The zero-order valence-corrected chi connectivity index (χ0v) is 16.6. The third-order valence-corrected chi connectivity index (χ3v) is 9.55. The van der Waals surface area contributed by atoms with E-state index in [9.17, 15) is 19.2 Å². The largest absolute Gasteiger partial charge is 0.480 e. The van der Waals surface area contributed by atoms with Gasteiger partial charge in [-0.2, -0.15) is 0 Å². The van der Waals surface area contributed by atoms with Gasteiger partial charge in [-0.25, -0.2) is 0 Å². The predicted molar refractivity (Wildman–Crippen MR) is 102 cm³/mol. The Balaban J connectivity index is 1.45. The molecule has 150 valence electrons. The Morgan fingerprint density at radius 3 is 2.69 bits per heavy atom. The van der Waals surface area contributed by atoms with Gasteiger partial charge in [0.1, 0.15) is 12.3 Å². The molecule has 0 aromatic carbocycles. The second kappa shape index (κ2) is 5.85. The number of nitrogens with one attached hydrogen (secondary N) is 1. The molecule has 6 rings (SSSR count). The highest BCUT2D eigenvalue weighted by molar-refractivity contribution is 8.00. The third kappa shape index (κ3) is 2.21. The summed E-state index contributed by atoms with van der Waals surface area (Å²) in [5, 5.41) is 10.0. The second-order valence-electron chi connectivity index (χ2n) is 8.13. The molecule has 2 aliphatic heterocycles. The minimum absolute atomic E-state index is 0.00995. The van der Waals surface area contributed by atoms with Crippen molar-refractivity contribution in [2.75, 3.05) is 6.54 Å². The Labute approximate surface area is 172 Å². The average Bonchev–Trinajstić information content (AvgIpc) is 3.45. The van der Waals surface area contributed by atoms with Crippen LogP contribution >= 0.6 is 23.1 Å². The predicted octanol–water partition coefficient (Wildman–Crippen LogP) is 1.59. The number of thiazole rings is 1. The summed E-state index contributed by atoms with van der Waals surface area (Å²) in [6.07, 6.45) is 2.38. The van der Waals surface area contributed by atoms with Crippen molar-refractivity contribution in [3.05, 3.63) is 38.7 Å². The first-order valence-electron chi connectivity index (χ1n) is 9.45. The van der Waals surface area contributed by atoms with Crippen molar-refractivity contribution in [2.45, 2.75) is 22.6 Å². The number of amides is 2. The Morgan fingerprint density at radius 2 is 2.00 bits per heavy atom. The van der Waals surface area contributed by atoms with E-state index in [4.69, 9.17) is 9.52 Å². The van der Waals surface area contributed by atoms with Gasteiger partial charge >= 0.3 is 10.8 Å². The number of aliphatic carboxylic acids is 1. The third-order valence-electron chi connectivity index (χ3n) is 6.96. The molecule has 4 heterocycles. The lowest BCUT2D eigenvalue weighted by atomic mass is 9.69. The maximum absolute atomic E-state index is 13.0. The van der Waals surface area contributed by atoms with Gasteiger partial charge < -0.3 is 14.5 Å². The number of hydrogen-bond donors (Lipinski definition) is 2. The molecule has 0 radical (unpaired) electrons. The number of carboxylic acid groups (broad SMARTS) is 1. The zero-order valence-electron chi connectivity index (χ0n) is 14.9. The fourth-order valence-corrected chi connectivity index (χ4v) is 9.03. The topological polar surface area (TPSA) is 121 Å². The van der Waals surface area contributed by atoms with Crippen molar-refractivity contribution in [3.63, 3.8) is 0 Å². The number of fused-ring (bicyclic) bond motifs is 9. The van der Waals surface area contributed by atoms with Gasteiger partial charge in [0, 0.05) is 5.25 Å². The second-order valence-corrected chi connectivity index (χ2v) is 10.3. The van der Waals surface area contributed by atoms with Crippen LogP contribution in [0.2, 0.25) is 0 Å². The van der Waals surface area contributed by atoms with Crippen molar-refractivity contribution >= 4 is 40.9 Å². The fourth-order valence-electron chi connectivity index (χ4n) is 6.16. The van der Waals surface area contributed by atoms with Crippen LogP contribution in [0.3, 0.4) is 0 Å². The summed E-state index contributed by atoms with van der Waals surface area (Å²) < 4.78 is 5.73. The first kappa shape index (κ1) is 17.5. The van der Waals surface area contributed by atoms with Gasteiger partial charge in [-0.05, 0) is 36.3 Å². The van der Waals surface area contributed by atoms with Crippen molar-refractivity contribution in [3.8, 4) is 0 Å². The molecule has 2 N–H and O–H groups in total. The van der Waals surface area contributed by atoms with E-state index in [-0.39, 0.29) is 45.6 Å². The van der Waals surface area contributed by atoms with Crippen molar-refractivity contribution in [1.29, 1.82) is 0 Å². The SMILES string of the molecule is O=C(O)CN1C(=O)C2C3CC(C2C1=O)C1C3Sc2[nH]c(=O)sc2[C@@H]1c1ccco1. The number of carbonyl (C=O) groups is 3. The minimum atomic E-state index is -1.18. The number of H-pyrrole nitrogens is 1. The zero-order chi connectivity index (χ0) is 20.0. The van der Waals surface area contributed by atoms with Crippen molar-refractivity contribution < 1.29 is 23.9 Å². The highest BCUT2D eigenvalue weighted by Crippen LogP contribution is 2.68. The smallest absolute Gasteiger partial charge is 0.323 e. The summed E-state index contributed by atoms with van der Waals surface area (Å²) in [5.41, 5.74) is 0. The summed E-state index contributed by atoms with van der Waals surface area (Å²) in [6.45, 7) is -0.575. The van der Waals surface area contributed by atoms with E-state index in [0.29, 0.717) is 0 Å². The van der Waals surface area contributed by atoms with Crippen LogP contribution in [-0.4, -0.2) is 44.6 Å². The Hall–Kier alpha value is -2.33. The van der Waals surface area contributed by atoms with Crippen LogP contribution in [0.25, 0.3) is 0 Å². The van der Waals surface area contributed by atoms with Crippen molar-refractivity contribution in [2.24, 2.45) is 29.6 Å². The van der Waals surface area contributed by atoms with Crippen LogP contribution in [0.5, 0.6) is 0 Å². The first-order chi connectivity index (χ1) is 14.0. The molecule has 2 aromatic rings. The number of carboxylic acids is 1. The monoisotopic (exact) mass is 432 g/mol. The van der Waals surface area contributed by atoms with E-state index >= 15 is 0 Å². The summed E-state index contributed by atoms with van der Waals surface area (Å²) >= 11 is 2.77. The number of hydrogen-bond acceptors (Lipinski definition) is 7. The van der Waals surface area contributed by atoms with Crippen LogP contribution in [0.15, 0.2) is 32.6 Å². The van der Waals surface area contributed by atoms with Gasteiger partial charge in [-0.1, -0.05) is 11.3 Å². The molecule has 0 spiro atoms. The number of aromatic amines is 1. The molecule has 2 saturated carbocycles. The summed E-state index contributed by atoms with van der Waals surface area (Å²) in [4.78, 5) is 53.8. The van der Waals surface area contributed by atoms with Gasteiger partial charge in [0.05, 0.1) is 33.9 Å². The molecule has 29 heavy (non-hydrogen) atoms. The quantitative estimate of drug-likeness (QED) is 0.707. The molecule has 6 unspecified atom stereocenters. The van der Waals surface area contributed by atoms with Crippen LogP contribution in [0, 0.1) is 29.6 Å². The maximum Gasteiger partial charge on any atom is 0.323 e. The lowest BCUT2D eigenvalue weighted by molar-refractivity contribution is -0.149. The number of imide groups is 1. The molecular formula is C19H16N2O6S2. The lowest BCUT2D eigenvalue weighted by Crippen LogP contribution is -2.42. The van der Waals surface area contributed by atoms with E-state index < -0.39 is 24.3 Å². The molecule has 2 bridgehead atoms. The molecule has 1 saturated heterocycles. The van der Waals surface area contributed by atoms with Gasteiger partial charge in [-0.15, -0.1) is 11.8 Å². The molecule has 2 aliphatic carbocycles. The number of aromatic nitrogens is 1. The molecular weight excluding hydrogens is 416 g/mol. The Morgan fingerprint density at radius 1 is 1.24 bits per heavy atom. The van der Waals surface area contributed by atoms with E-state index in [1.165, 1.54) is 11.3 Å². The standard InChI is InChI=1S/C19H16N2O6S2/c22-9(23)5-21-17(24)11-6-4-7(12(11)18(21)25)14-10(6)13(8-2-1-3-27-8)15-16(28-14)20-19(26)29-15/h1-3,6-7,10-14H,4-5H2,(H,20,26)(H,22,23)/t6?,7?,10?,11?,12?,13-,14?/m1/s1. The highest BCUT2D eigenvalue weighted by Gasteiger charge is 2.69. The average molecular weight is 432 g/mol. The molecule has 7 atom stereocenters. The van der Waals surface area contributed by atoms with Crippen LogP contribution < -0.4 is 4.87 Å². The maximum atomic E-state index is 13.0. The first-order valence-corrected chi connectivity index (χ1v) is 11.2. The molecule has 10 heteroatoms. The summed E-state index contributed by atoms with van der Waals surface area (Å²) in [6, 6.07) is 3.71. The lowest BCUT2D eigenvalue weighted by Gasteiger charge is -2.42. The minimum Gasteiger partial charge on any atom is -0.480 e. The van der Waals surface area contributed by atoms with Gasteiger partial charge in [0.25, 0.3) is 0 Å². The molecule has 2 aromatic heterocycles. The number of thioether (sulfide) groups is 1. The summed E-state index contributed by atoms with van der Waals surface area (Å²) in [5.74, 6) is -2.16. The highest BCUT2D eigenvalue weighted by atomic mass is 32.2. The number of carbonyl (C=O) groups excluding carboxylic acids is 2. The summed E-state index contributed by atoms with van der Waals surface area (Å²) in [7, 11) is 0.